The minimum atomic E-state index is -4.94. The van der Waals surface area contributed by atoms with Gasteiger partial charge in [0.05, 0.1) is 12.5 Å². The highest BCUT2D eigenvalue weighted by molar-refractivity contribution is 9.10. The van der Waals surface area contributed by atoms with Crippen LogP contribution in [0.4, 0.5) is 0 Å². The minimum Gasteiger partial charge on any atom is -0.490 e. The van der Waals surface area contributed by atoms with E-state index in [1.165, 1.54) is 27.9 Å². The fourth-order valence-electron chi connectivity index (χ4n) is 4.85. The molecule has 10 heteroatoms. The molecule has 0 aliphatic carbocycles. The highest BCUT2D eigenvalue weighted by atomic mass is 79.9. The molecule has 1 unspecified atom stereocenters. The predicted octanol–water partition coefficient (Wildman–Crippen LogP) is -0.526. The summed E-state index contributed by atoms with van der Waals surface area (Å²) in [5, 5.41) is 1.30. The number of methoxy groups -OCH3 is 1. The molecule has 0 spiro atoms. The van der Waals surface area contributed by atoms with Crippen molar-refractivity contribution in [1.29, 1.82) is 0 Å². The fourth-order valence-corrected chi connectivity index (χ4v) is 5.21. The molecule has 0 amide bonds. The molecule has 2 aliphatic rings. The Kier molecular flexibility index (Phi) is 7.28. The number of benzene rings is 1. The molecule has 2 aliphatic heterocycles. The maximum atomic E-state index is 11.3. The van der Waals surface area contributed by atoms with Crippen molar-refractivity contribution in [2.24, 2.45) is 5.41 Å². The smallest absolute Gasteiger partial charge is 0.206 e. The zero-order valence-corrected chi connectivity index (χ0v) is 19.7. The number of hydrogen-bond acceptors (Lipinski definition) is 6. The van der Waals surface area contributed by atoms with Gasteiger partial charge in [-0.3, -0.25) is 0 Å². The molecule has 8 nitrogen and oxygen atoms in total. The summed E-state index contributed by atoms with van der Waals surface area (Å²) >= 11 is 3.61. The number of H-pyrrole nitrogens is 1. The van der Waals surface area contributed by atoms with E-state index in [-0.39, 0.29) is 5.41 Å². The SMILES string of the molecule is CCC1(CC(=C=O)OC)CCC[N+]2=C1c1[nH]c3ccc(Br)cc3c1CC2.[O-][Cl+3]([O-])([O-])[O-]. The maximum absolute atomic E-state index is 11.3. The van der Waals surface area contributed by atoms with E-state index in [0.29, 0.717) is 12.2 Å². The average Bonchev–Trinajstić information content (AvgIpc) is 3.08. The standard InChI is InChI=1S/C21H23BrN2O2.ClHO4/c1-3-21(12-15(13-25)26-2)8-4-9-24-10-7-16-17-11-14(22)5-6-18(17)23-19(16)20(21)24;2-1(3,4)5/h5-6,11H,3-4,7-10,12H2,1-2H3;(H,2,3,4,5). The molecular weight excluding hydrogens is 492 g/mol. The van der Waals surface area contributed by atoms with Crippen LogP contribution in [0.1, 0.15) is 43.9 Å². The minimum absolute atomic E-state index is 0.0751. The number of nitrogens with one attached hydrogen (secondary N) is 1. The Morgan fingerprint density at radius 3 is 2.65 bits per heavy atom. The van der Waals surface area contributed by atoms with Crippen molar-refractivity contribution in [1.82, 2.24) is 4.98 Å². The average molecular weight is 516 g/mol. The third-order valence-electron chi connectivity index (χ3n) is 6.17. The number of aromatic amines is 1. The van der Waals surface area contributed by atoms with E-state index in [4.69, 9.17) is 23.4 Å². The molecule has 0 bridgehead atoms. The van der Waals surface area contributed by atoms with E-state index in [0.717, 1.165) is 43.2 Å². The molecule has 0 saturated heterocycles. The molecule has 4 rings (SSSR count). The Labute approximate surface area is 190 Å². The van der Waals surface area contributed by atoms with Crippen LogP contribution in [0.5, 0.6) is 0 Å². The largest absolute Gasteiger partial charge is 0.490 e. The zero-order valence-electron chi connectivity index (χ0n) is 17.3. The second-order valence-corrected chi connectivity index (χ2v) is 9.45. The Morgan fingerprint density at radius 2 is 2.03 bits per heavy atom. The summed E-state index contributed by atoms with van der Waals surface area (Å²) in [7, 11) is -3.37. The number of carbonyl (C=O) groups excluding carboxylic acids is 1. The number of rotatable bonds is 4. The number of nitrogens with zero attached hydrogens (tertiary/aromatic N) is 1. The molecular formula is C21H24BrClN2O6. The van der Waals surface area contributed by atoms with Crippen molar-refractivity contribution >= 4 is 38.5 Å². The first-order valence-electron chi connectivity index (χ1n) is 9.94. The highest BCUT2D eigenvalue weighted by Gasteiger charge is 2.48. The van der Waals surface area contributed by atoms with Gasteiger partial charge in [-0.05, 0) is 36.6 Å². The van der Waals surface area contributed by atoms with Gasteiger partial charge in [-0.1, -0.05) is 22.9 Å². The number of allylic oxidation sites excluding steroid dienone is 1. The van der Waals surface area contributed by atoms with Crippen LogP contribution in [-0.2, 0) is 16.0 Å². The van der Waals surface area contributed by atoms with Crippen molar-refractivity contribution in [2.45, 2.75) is 39.0 Å². The van der Waals surface area contributed by atoms with E-state index >= 15 is 0 Å². The van der Waals surface area contributed by atoms with Crippen LogP contribution in [-0.4, -0.2) is 41.4 Å². The van der Waals surface area contributed by atoms with Crippen LogP contribution in [0.3, 0.4) is 0 Å². The van der Waals surface area contributed by atoms with Crippen LogP contribution in [0.2, 0.25) is 0 Å². The molecule has 1 aromatic heterocycles. The van der Waals surface area contributed by atoms with Crippen LogP contribution in [0.15, 0.2) is 28.4 Å². The summed E-state index contributed by atoms with van der Waals surface area (Å²) in [6.45, 7) is 4.35. The van der Waals surface area contributed by atoms with Crippen molar-refractivity contribution in [2.75, 3.05) is 20.2 Å². The summed E-state index contributed by atoms with van der Waals surface area (Å²) in [6.07, 6.45) is 4.87. The van der Waals surface area contributed by atoms with Gasteiger partial charge in [0.1, 0.15) is 18.8 Å². The Balaban J connectivity index is 0.000000491. The first-order valence-corrected chi connectivity index (χ1v) is 12.0. The van der Waals surface area contributed by atoms with Crippen LogP contribution in [0, 0.1) is 15.7 Å². The van der Waals surface area contributed by atoms with E-state index in [2.05, 4.69) is 50.6 Å². The molecule has 1 atom stereocenters. The maximum Gasteiger partial charge on any atom is 0.206 e. The number of hydrogen-bond donors (Lipinski definition) is 1. The van der Waals surface area contributed by atoms with Crippen molar-refractivity contribution < 1.29 is 43.0 Å². The van der Waals surface area contributed by atoms with Crippen molar-refractivity contribution in [3.63, 3.8) is 0 Å². The molecule has 0 saturated carbocycles. The summed E-state index contributed by atoms with van der Waals surface area (Å²) < 4.78 is 42.9. The summed E-state index contributed by atoms with van der Waals surface area (Å²) in [5.74, 6) is 2.43. The van der Waals surface area contributed by atoms with E-state index < -0.39 is 10.2 Å². The highest BCUT2D eigenvalue weighted by Crippen LogP contribution is 2.44. The third kappa shape index (κ3) is 5.21. The Bertz CT molecular complexity index is 1050. The number of halogens is 2. The van der Waals surface area contributed by atoms with Gasteiger partial charge < -0.3 is 9.72 Å². The Morgan fingerprint density at radius 1 is 1.32 bits per heavy atom. The van der Waals surface area contributed by atoms with Gasteiger partial charge in [0.25, 0.3) is 0 Å². The van der Waals surface area contributed by atoms with Gasteiger partial charge in [-0.2, -0.15) is 0 Å². The molecule has 31 heavy (non-hydrogen) atoms. The normalized spacial score (nSPS) is 20.4. The second kappa shape index (κ2) is 9.42. The number of fused-ring (bicyclic) bond motifs is 4. The first-order chi connectivity index (χ1) is 14.6. The molecule has 2 aromatic rings. The molecule has 1 aromatic carbocycles. The summed E-state index contributed by atoms with van der Waals surface area (Å²) in [5.41, 5.74) is 5.13. The quantitative estimate of drug-likeness (QED) is 0.330. The lowest BCUT2D eigenvalue weighted by Gasteiger charge is -2.37. The van der Waals surface area contributed by atoms with Gasteiger partial charge in [0, 0.05) is 34.6 Å². The fraction of sp³-hybridized carbons (Fsp3) is 0.476. The lowest BCUT2D eigenvalue weighted by Crippen LogP contribution is -2.68. The topological polar surface area (TPSA) is 137 Å². The van der Waals surface area contributed by atoms with Crippen molar-refractivity contribution in [3.05, 3.63) is 39.7 Å². The van der Waals surface area contributed by atoms with E-state index in [1.54, 1.807) is 7.11 Å². The van der Waals surface area contributed by atoms with Crippen molar-refractivity contribution in [3.8, 4) is 0 Å². The lowest BCUT2D eigenvalue weighted by molar-refractivity contribution is -2.00. The zero-order chi connectivity index (χ0) is 22.8. The molecule has 3 heterocycles. The van der Waals surface area contributed by atoms with Gasteiger partial charge in [-0.15, -0.1) is 10.2 Å². The van der Waals surface area contributed by atoms with E-state index in [9.17, 15) is 4.79 Å². The number of aromatic nitrogens is 1. The summed E-state index contributed by atoms with van der Waals surface area (Å²) in [4.78, 5) is 15.0. The number of ether oxygens (including phenoxy) is 1. The second-order valence-electron chi connectivity index (χ2n) is 7.78. The van der Waals surface area contributed by atoms with Crippen LogP contribution in [0.25, 0.3) is 10.9 Å². The van der Waals surface area contributed by atoms with Crippen LogP contribution < -0.4 is 18.6 Å². The lowest BCUT2D eigenvalue weighted by atomic mass is 9.69. The van der Waals surface area contributed by atoms with Gasteiger partial charge >= 0.3 is 0 Å². The third-order valence-corrected chi connectivity index (χ3v) is 6.67. The van der Waals surface area contributed by atoms with Gasteiger partial charge in [-0.25, -0.2) is 28.0 Å². The molecule has 168 valence electrons. The molecule has 0 fully saturated rings. The molecule has 1 N–H and O–H groups in total. The summed E-state index contributed by atoms with van der Waals surface area (Å²) in [6, 6.07) is 6.44. The van der Waals surface area contributed by atoms with E-state index in [1.807, 2.05) is 5.94 Å². The Hall–Kier alpha value is -1.71. The van der Waals surface area contributed by atoms with Crippen LogP contribution >= 0.6 is 15.9 Å². The predicted molar refractivity (Wildman–Crippen MR) is 107 cm³/mol. The monoisotopic (exact) mass is 514 g/mol. The first kappa shape index (κ1) is 23.9. The van der Waals surface area contributed by atoms with Gasteiger partial charge in [0.2, 0.25) is 5.71 Å². The molecule has 0 radical (unpaired) electrons. The van der Waals surface area contributed by atoms with Gasteiger partial charge in [0.15, 0.2) is 11.7 Å².